The molecule has 3 aromatic rings. The smallest absolute Gasteiger partial charge is 0.251 e. The largest absolute Gasteiger partial charge is 0.366 e. The average Bonchev–Trinajstić information content (AvgIpc) is 2.75. The number of primary amides is 2. The first-order valence-corrected chi connectivity index (χ1v) is 5.72. The van der Waals surface area contributed by atoms with Crippen LogP contribution in [0.1, 0.15) is 20.7 Å². The van der Waals surface area contributed by atoms with Crippen LogP contribution in [0.15, 0.2) is 36.4 Å². The molecule has 5 N–H and O–H groups in total. The van der Waals surface area contributed by atoms with Gasteiger partial charge in [0.05, 0.1) is 16.6 Å². The summed E-state index contributed by atoms with van der Waals surface area (Å²) in [5, 5.41) is 1.81. The number of fused-ring (bicyclic) bond motifs is 3. The van der Waals surface area contributed by atoms with E-state index in [9.17, 15) is 9.59 Å². The number of rotatable bonds is 2. The van der Waals surface area contributed by atoms with Crippen LogP contribution in [0, 0.1) is 0 Å². The van der Waals surface area contributed by atoms with Crippen LogP contribution < -0.4 is 11.5 Å². The van der Waals surface area contributed by atoms with Crippen molar-refractivity contribution in [3.63, 3.8) is 0 Å². The van der Waals surface area contributed by atoms with Gasteiger partial charge in [0.15, 0.2) is 0 Å². The van der Waals surface area contributed by atoms with Crippen molar-refractivity contribution in [1.29, 1.82) is 0 Å². The molecule has 2 aromatic carbocycles. The summed E-state index contributed by atoms with van der Waals surface area (Å²) in [6, 6.07) is 10.9. The number of carbonyl (C=O) groups is 2. The number of hydrogen-bond donors (Lipinski definition) is 3. The molecular weight excluding hydrogens is 242 g/mol. The van der Waals surface area contributed by atoms with Crippen LogP contribution >= 0.6 is 0 Å². The predicted molar refractivity (Wildman–Crippen MR) is 72.8 cm³/mol. The van der Waals surface area contributed by atoms with Gasteiger partial charge < -0.3 is 16.5 Å². The van der Waals surface area contributed by atoms with E-state index >= 15 is 0 Å². The number of aromatic amines is 1. The zero-order valence-electron chi connectivity index (χ0n) is 9.94. The Bertz CT molecular complexity index is 833. The molecular formula is C14H11N3O2. The number of para-hydroxylation sites is 1. The highest BCUT2D eigenvalue weighted by Gasteiger charge is 2.18. The zero-order valence-corrected chi connectivity index (χ0v) is 9.94. The van der Waals surface area contributed by atoms with Crippen LogP contribution in [-0.2, 0) is 0 Å². The first-order chi connectivity index (χ1) is 9.09. The van der Waals surface area contributed by atoms with Crippen molar-refractivity contribution < 1.29 is 9.59 Å². The molecule has 1 heterocycles. The zero-order chi connectivity index (χ0) is 13.6. The molecule has 0 saturated heterocycles. The third-order valence-electron chi connectivity index (χ3n) is 3.19. The molecule has 5 nitrogen and oxygen atoms in total. The highest BCUT2D eigenvalue weighted by Crippen LogP contribution is 2.29. The van der Waals surface area contributed by atoms with E-state index < -0.39 is 11.8 Å². The number of H-pyrrole nitrogens is 1. The minimum Gasteiger partial charge on any atom is -0.366 e. The third-order valence-corrected chi connectivity index (χ3v) is 3.19. The van der Waals surface area contributed by atoms with E-state index in [1.165, 1.54) is 6.07 Å². The Labute approximate surface area is 108 Å². The van der Waals surface area contributed by atoms with Crippen molar-refractivity contribution in [2.24, 2.45) is 11.5 Å². The minimum absolute atomic E-state index is 0.131. The van der Waals surface area contributed by atoms with Crippen LogP contribution in [0.25, 0.3) is 21.8 Å². The highest BCUT2D eigenvalue weighted by molar-refractivity contribution is 6.19. The molecule has 0 radical (unpaired) electrons. The Morgan fingerprint density at radius 2 is 1.63 bits per heavy atom. The summed E-state index contributed by atoms with van der Waals surface area (Å²) in [4.78, 5) is 26.1. The van der Waals surface area contributed by atoms with Crippen LogP contribution in [-0.4, -0.2) is 16.8 Å². The Morgan fingerprint density at radius 3 is 2.32 bits per heavy atom. The lowest BCUT2D eigenvalue weighted by molar-refractivity contribution is 0.0968. The van der Waals surface area contributed by atoms with Crippen molar-refractivity contribution >= 4 is 33.6 Å². The summed E-state index contributed by atoms with van der Waals surface area (Å²) in [5.41, 5.74) is 12.3. The topological polar surface area (TPSA) is 102 Å². The number of hydrogen-bond acceptors (Lipinski definition) is 2. The number of benzene rings is 2. The summed E-state index contributed by atoms with van der Waals surface area (Å²) in [5.74, 6) is -1.35. The second kappa shape index (κ2) is 3.84. The van der Waals surface area contributed by atoms with Crippen molar-refractivity contribution in [3.8, 4) is 0 Å². The molecule has 0 atom stereocenters. The van der Waals surface area contributed by atoms with Crippen LogP contribution in [0.4, 0.5) is 0 Å². The minimum atomic E-state index is -0.675. The molecule has 0 fully saturated rings. The normalized spacial score (nSPS) is 10.9. The van der Waals surface area contributed by atoms with Gasteiger partial charge in [-0.25, -0.2) is 0 Å². The summed E-state index contributed by atoms with van der Waals surface area (Å²) >= 11 is 0. The summed E-state index contributed by atoms with van der Waals surface area (Å²) in [7, 11) is 0. The summed E-state index contributed by atoms with van der Waals surface area (Å²) < 4.78 is 0. The number of nitrogens with one attached hydrogen (secondary N) is 1. The maximum absolute atomic E-state index is 11.6. The molecule has 0 spiro atoms. The third kappa shape index (κ3) is 1.55. The lowest BCUT2D eigenvalue weighted by Crippen LogP contribution is -2.20. The van der Waals surface area contributed by atoms with E-state index in [1.54, 1.807) is 6.07 Å². The van der Waals surface area contributed by atoms with Crippen LogP contribution in [0.3, 0.4) is 0 Å². The van der Waals surface area contributed by atoms with E-state index in [0.29, 0.717) is 5.52 Å². The average molecular weight is 253 g/mol. The molecule has 5 heteroatoms. The lowest BCUT2D eigenvalue weighted by Gasteiger charge is -2.04. The van der Waals surface area contributed by atoms with Gasteiger partial charge in [0, 0.05) is 16.3 Å². The number of carbonyl (C=O) groups excluding carboxylic acids is 2. The summed E-state index contributed by atoms with van der Waals surface area (Å²) in [6.07, 6.45) is 0. The molecule has 0 aliphatic carbocycles. The van der Waals surface area contributed by atoms with Gasteiger partial charge >= 0.3 is 0 Å². The Balaban J connectivity index is 2.52. The van der Waals surface area contributed by atoms with E-state index in [1.807, 2.05) is 24.3 Å². The fourth-order valence-corrected chi connectivity index (χ4v) is 2.38. The molecule has 1 aromatic heterocycles. The molecule has 94 valence electrons. The van der Waals surface area contributed by atoms with Gasteiger partial charge in [0.25, 0.3) is 5.91 Å². The Hall–Kier alpha value is -2.82. The van der Waals surface area contributed by atoms with Gasteiger partial charge in [-0.05, 0) is 12.1 Å². The molecule has 0 aliphatic rings. The molecule has 0 bridgehead atoms. The number of amides is 2. The fraction of sp³-hybridized carbons (Fsp3) is 0. The van der Waals surface area contributed by atoms with Gasteiger partial charge in [-0.15, -0.1) is 0 Å². The molecule has 0 aliphatic heterocycles. The molecule has 19 heavy (non-hydrogen) atoms. The van der Waals surface area contributed by atoms with E-state index in [4.69, 9.17) is 11.5 Å². The standard InChI is InChI=1S/C14H11N3O2/c15-13(18)9-6-5-8-7-3-1-2-4-10(7)17-12(8)11(9)14(16)19/h1-6,17H,(H2,15,18)(H2,16,19). The van der Waals surface area contributed by atoms with Crippen molar-refractivity contribution in [3.05, 3.63) is 47.5 Å². The SMILES string of the molecule is NC(=O)c1ccc2c([nH]c3ccccc32)c1C(N)=O. The quantitative estimate of drug-likeness (QED) is 0.644. The Morgan fingerprint density at radius 1 is 0.895 bits per heavy atom. The maximum Gasteiger partial charge on any atom is 0.251 e. The van der Waals surface area contributed by atoms with E-state index in [0.717, 1.165) is 16.3 Å². The van der Waals surface area contributed by atoms with Gasteiger partial charge in [-0.1, -0.05) is 24.3 Å². The van der Waals surface area contributed by atoms with Gasteiger partial charge in [0.2, 0.25) is 5.91 Å². The molecule has 0 unspecified atom stereocenters. The first-order valence-electron chi connectivity index (χ1n) is 5.72. The second-order valence-corrected chi connectivity index (χ2v) is 4.31. The Kier molecular flexibility index (Phi) is 2.28. The van der Waals surface area contributed by atoms with Gasteiger partial charge in [0.1, 0.15) is 0 Å². The monoisotopic (exact) mass is 253 g/mol. The van der Waals surface area contributed by atoms with E-state index in [2.05, 4.69) is 4.98 Å². The summed E-state index contributed by atoms with van der Waals surface area (Å²) in [6.45, 7) is 0. The lowest BCUT2D eigenvalue weighted by atomic mass is 10.0. The first kappa shape index (κ1) is 11.3. The van der Waals surface area contributed by atoms with Crippen molar-refractivity contribution in [2.45, 2.75) is 0 Å². The second-order valence-electron chi connectivity index (χ2n) is 4.31. The van der Waals surface area contributed by atoms with Crippen LogP contribution in [0.2, 0.25) is 0 Å². The van der Waals surface area contributed by atoms with Crippen molar-refractivity contribution in [1.82, 2.24) is 4.98 Å². The number of aromatic nitrogens is 1. The highest BCUT2D eigenvalue weighted by atomic mass is 16.2. The van der Waals surface area contributed by atoms with Gasteiger partial charge in [-0.2, -0.15) is 0 Å². The molecule has 3 rings (SSSR count). The number of nitrogens with two attached hydrogens (primary N) is 2. The maximum atomic E-state index is 11.6. The molecule has 0 saturated carbocycles. The van der Waals surface area contributed by atoms with E-state index in [-0.39, 0.29) is 11.1 Å². The fourth-order valence-electron chi connectivity index (χ4n) is 2.38. The molecule has 2 amide bonds. The van der Waals surface area contributed by atoms with Crippen LogP contribution in [0.5, 0.6) is 0 Å². The van der Waals surface area contributed by atoms with Gasteiger partial charge in [-0.3, -0.25) is 9.59 Å². The van der Waals surface area contributed by atoms with Crippen molar-refractivity contribution in [2.75, 3.05) is 0 Å². The predicted octanol–water partition coefficient (Wildman–Crippen LogP) is 1.52.